The summed E-state index contributed by atoms with van der Waals surface area (Å²) >= 11 is 0. The summed E-state index contributed by atoms with van der Waals surface area (Å²) in [6.45, 7) is -1.65. The van der Waals surface area contributed by atoms with Crippen LogP contribution in [0.5, 0.6) is 0 Å². The Morgan fingerprint density at radius 1 is 0.795 bits per heavy atom. The monoisotopic (exact) mass is 549 g/mol. The average molecular weight is 550 g/mol. The van der Waals surface area contributed by atoms with E-state index >= 15 is 0 Å². The highest BCUT2D eigenvalue weighted by Gasteiger charge is 2.22. The third-order valence-electron chi connectivity index (χ3n) is 5.01. The number of carbonyl (C=O) groups is 6. The number of carbonyl (C=O) groups excluding carboxylic acids is 5. The van der Waals surface area contributed by atoms with Crippen molar-refractivity contribution in [1.82, 2.24) is 31.9 Å². The van der Waals surface area contributed by atoms with Crippen molar-refractivity contribution in [3.05, 3.63) is 35.9 Å². The van der Waals surface area contributed by atoms with E-state index in [1.165, 1.54) is 0 Å². The molecule has 0 aliphatic rings. The second kappa shape index (κ2) is 17.7. The zero-order chi connectivity index (χ0) is 29.2. The Bertz CT molecular complexity index is 1020. The van der Waals surface area contributed by atoms with E-state index < -0.39 is 73.8 Å². The molecule has 16 heteroatoms. The maximum atomic E-state index is 12.4. The van der Waals surface area contributed by atoms with Crippen LogP contribution in [0.3, 0.4) is 0 Å². The minimum Gasteiger partial charge on any atom is -0.480 e. The summed E-state index contributed by atoms with van der Waals surface area (Å²) in [6, 6.07) is 6.78. The molecule has 1 aromatic carbocycles. The summed E-state index contributed by atoms with van der Waals surface area (Å²) in [5.74, 6) is -4.78. The number of rotatable bonds is 17. The molecule has 0 saturated heterocycles. The van der Waals surface area contributed by atoms with Gasteiger partial charge in [0.15, 0.2) is 5.96 Å². The summed E-state index contributed by atoms with van der Waals surface area (Å²) in [5, 5.41) is 29.9. The van der Waals surface area contributed by atoms with E-state index in [1.54, 1.807) is 30.3 Å². The van der Waals surface area contributed by atoms with Crippen LogP contribution in [-0.4, -0.2) is 91.4 Å². The Balaban J connectivity index is 2.39. The predicted molar refractivity (Wildman–Crippen MR) is 139 cm³/mol. The Morgan fingerprint density at radius 3 is 1.95 bits per heavy atom. The van der Waals surface area contributed by atoms with Crippen molar-refractivity contribution in [2.24, 2.45) is 11.5 Å². The smallest absolute Gasteiger partial charge is 0.322 e. The molecule has 16 nitrogen and oxygen atoms in total. The van der Waals surface area contributed by atoms with Gasteiger partial charge in [-0.1, -0.05) is 30.3 Å². The lowest BCUT2D eigenvalue weighted by atomic mass is 10.1. The van der Waals surface area contributed by atoms with Crippen molar-refractivity contribution in [1.29, 1.82) is 5.41 Å². The van der Waals surface area contributed by atoms with Crippen LogP contribution in [-0.2, 0) is 35.2 Å². The van der Waals surface area contributed by atoms with E-state index in [0.29, 0.717) is 19.4 Å². The lowest BCUT2D eigenvalue weighted by molar-refractivity contribution is -0.138. The first-order valence-electron chi connectivity index (χ1n) is 11.9. The van der Waals surface area contributed by atoms with Gasteiger partial charge in [0, 0.05) is 13.0 Å². The van der Waals surface area contributed by atoms with Gasteiger partial charge in [0.25, 0.3) is 0 Å². The van der Waals surface area contributed by atoms with Crippen LogP contribution in [0, 0.1) is 5.41 Å². The first-order valence-corrected chi connectivity index (χ1v) is 11.9. The van der Waals surface area contributed by atoms with Gasteiger partial charge in [-0.15, -0.1) is 0 Å². The van der Waals surface area contributed by atoms with E-state index in [1.807, 2.05) is 0 Å². The van der Waals surface area contributed by atoms with Gasteiger partial charge < -0.3 is 48.5 Å². The molecule has 5 amide bonds. The van der Waals surface area contributed by atoms with E-state index in [4.69, 9.17) is 22.0 Å². The van der Waals surface area contributed by atoms with Gasteiger partial charge in [-0.2, -0.15) is 0 Å². The van der Waals surface area contributed by atoms with E-state index in [0.717, 1.165) is 5.56 Å². The quantitative estimate of drug-likeness (QED) is 0.0509. The summed E-state index contributed by atoms with van der Waals surface area (Å²) in [5.41, 5.74) is 11.6. The Kier molecular flexibility index (Phi) is 14.6. The zero-order valence-corrected chi connectivity index (χ0v) is 21.2. The molecule has 0 saturated carbocycles. The number of hydrogen-bond acceptors (Lipinski definition) is 8. The van der Waals surface area contributed by atoms with E-state index in [2.05, 4.69) is 31.9 Å². The van der Waals surface area contributed by atoms with Crippen molar-refractivity contribution < 1.29 is 33.9 Å². The van der Waals surface area contributed by atoms with Crippen molar-refractivity contribution in [2.75, 3.05) is 32.7 Å². The third kappa shape index (κ3) is 15.2. The molecule has 0 aliphatic carbocycles. The van der Waals surface area contributed by atoms with Crippen molar-refractivity contribution in [3.63, 3.8) is 0 Å². The number of guanidine groups is 1. The van der Waals surface area contributed by atoms with Gasteiger partial charge in [0.1, 0.15) is 12.6 Å². The minimum absolute atomic E-state index is 0.0900. The fourth-order valence-corrected chi connectivity index (χ4v) is 3.05. The van der Waals surface area contributed by atoms with Crippen LogP contribution in [0.4, 0.5) is 0 Å². The SMILES string of the molecule is N=C(N)NCCC[C@H](N)C(=O)NCC(=O)NCC(=O)NCC(=O)N[C@@H](Cc1ccccc1)C(=O)NCC(=O)O. The minimum atomic E-state index is -1.25. The lowest BCUT2D eigenvalue weighted by Gasteiger charge is -2.18. The normalized spacial score (nSPS) is 11.7. The van der Waals surface area contributed by atoms with Crippen molar-refractivity contribution in [2.45, 2.75) is 31.3 Å². The third-order valence-corrected chi connectivity index (χ3v) is 5.01. The molecule has 39 heavy (non-hydrogen) atoms. The highest BCUT2D eigenvalue weighted by molar-refractivity contribution is 5.93. The fourth-order valence-electron chi connectivity index (χ4n) is 3.05. The van der Waals surface area contributed by atoms with Gasteiger partial charge >= 0.3 is 5.97 Å². The first kappa shape index (κ1) is 32.3. The predicted octanol–water partition coefficient (Wildman–Crippen LogP) is -4.15. The van der Waals surface area contributed by atoms with Crippen LogP contribution >= 0.6 is 0 Å². The number of amides is 5. The van der Waals surface area contributed by atoms with E-state index in [9.17, 15) is 28.8 Å². The molecular weight excluding hydrogens is 514 g/mol. The Morgan fingerprint density at radius 2 is 1.36 bits per heavy atom. The van der Waals surface area contributed by atoms with E-state index in [-0.39, 0.29) is 12.4 Å². The van der Waals surface area contributed by atoms with Crippen molar-refractivity contribution in [3.8, 4) is 0 Å². The summed E-state index contributed by atoms with van der Waals surface area (Å²) in [6.07, 6.45) is 0.868. The molecule has 0 aliphatic heterocycles. The first-order chi connectivity index (χ1) is 18.5. The number of hydrogen-bond donors (Lipinski definition) is 10. The van der Waals surface area contributed by atoms with Gasteiger partial charge in [0.05, 0.1) is 25.7 Å². The molecule has 0 bridgehead atoms. The molecule has 2 atom stereocenters. The lowest BCUT2D eigenvalue weighted by Crippen LogP contribution is -2.52. The molecular formula is C23H35N9O7. The molecule has 1 rings (SSSR count). The van der Waals surface area contributed by atoms with Gasteiger partial charge in [-0.25, -0.2) is 0 Å². The Hall–Kier alpha value is -4.73. The number of carboxylic acid groups (broad SMARTS) is 1. The highest BCUT2D eigenvalue weighted by Crippen LogP contribution is 2.03. The Labute approximate surface area is 224 Å². The molecule has 0 unspecified atom stereocenters. The molecule has 214 valence electrons. The standard InChI is InChI=1S/C23H35N9O7/c24-15(7-4-8-27-23(25)26)21(38)30-11-18(34)28-10-17(33)29-12-19(35)32-16(22(39)31-13-20(36)37)9-14-5-2-1-3-6-14/h1-3,5-6,15-16H,4,7-13,24H2,(H,28,34)(H,29,33)(H,30,38)(H,31,39)(H,32,35)(H,36,37)(H4,25,26,27)/t15-,16-/m0/s1. The van der Waals surface area contributed by atoms with Gasteiger partial charge in [-0.3, -0.25) is 34.2 Å². The molecule has 12 N–H and O–H groups in total. The fraction of sp³-hybridized carbons (Fsp3) is 0.435. The highest BCUT2D eigenvalue weighted by atomic mass is 16.4. The summed E-state index contributed by atoms with van der Waals surface area (Å²) in [7, 11) is 0. The zero-order valence-electron chi connectivity index (χ0n) is 21.2. The average Bonchev–Trinajstić information content (AvgIpc) is 2.90. The number of nitrogens with one attached hydrogen (secondary N) is 7. The molecule has 0 aromatic heterocycles. The van der Waals surface area contributed by atoms with Crippen LogP contribution in [0.15, 0.2) is 30.3 Å². The van der Waals surface area contributed by atoms with Gasteiger partial charge in [0.2, 0.25) is 29.5 Å². The molecule has 0 fully saturated rings. The topological polar surface area (TPSA) is 271 Å². The summed E-state index contributed by atoms with van der Waals surface area (Å²) < 4.78 is 0. The van der Waals surface area contributed by atoms with Crippen LogP contribution < -0.4 is 43.4 Å². The maximum absolute atomic E-state index is 12.4. The van der Waals surface area contributed by atoms with Crippen molar-refractivity contribution >= 4 is 41.5 Å². The van der Waals surface area contributed by atoms with Crippen LogP contribution in [0.2, 0.25) is 0 Å². The molecule has 0 radical (unpaired) electrons. The summed E-state index contributed by atoms with van der Waals surface area (Å²) in [4.78, 5) is 71.2. The van der Waals surface area contributed by atoms with Crippen LogP contribution in [0.1, 0.15) is 18.4 Å². The largest absolute Gasteiger partial charge is 0.480 e. The molecule has 1 aromatic rings. The van der Waals surface area contributed by atoms with Crippen LogP contribution in [0.25, 0.3) is 0 Å². The maximum Gasteiger partial charge on any atom is 0.322 e. The number of benzene rings is 1. The second-order valence-corrected chi connectivity index (χ2v) is 8.28. The number of carboxylic acids is 1. The molecule has 0 spiro atoms. The molecule has 0 heterocycles. The number of aliphatic carboxylic acids is 1. The number of nitrogens with two attached hydrogens (primary N) is 2. The van der Waals surface area contributed by atoms with Gasteiger partial charge in [-0.05, 0) is 18.4 Å². The second-order valence-electron chi connectivity index (χ2n) is 8.28.